The Kier molecular flexibility index (Phi) is 6.10. The summed E-state index contributed by atoms with van der Waals surface area (Å²) >= 11 is 0. The van der Waals surface area contributed by atoms with Gasteiger partial charge in [0.2, 0.25) is 5.91 Å². The van der Waals surface area contributed by atoms with E-state index in [-0.39, 0.29) is 17.9 Å². The summed E-state index contributed by atoms with van der Waals surface area (Å²) in [5.74, 6) is 2.95. The van der Waals surface area contributed by atoms with Gasteiger partial charge in [0.25, 0.3) is 0 Å². The number of hydrogen-bond donors (Lipinski definition) is 2. The number of benzene rings is 1. The lowest BCUT2D eigenvalue weighted by Gasteiger charge is -2.43. The quantitative estimate of drug-likeness (QED) is 0.780. The lowest BCUT2D eigenvalue weighted by atomic mass is 9.65. The minimum absolute atomic E-state index is 0.104. The summed E-state index contributed by atoms with van der Waals surface area (Å²) in [5, 5.41) is 3.18. The molecule has 1 aromatic rings. The van der Waals surface area contributed by atoms with Gasteiger partial charge < -0.3 is 20.5 Å². The average Bonchev–Trinajstić information content (AvgIpc) is 3.19. The van der Waals surface area contributed by atoms with Gasteiger partial charge in [-0.2, -0.15) is 0 Å². The summed E-state index contributed by atoms with van der Waals surface area (Å²) < 4.78 is 11.6. The molecule has 3 fully saturated rings. The van der Waals surface area contributed by atoms with Crippen LogP contribution < -0.4 is 20.5 Å². The summed E-state index contributed by atoms with van der Waals surface area (Å²) in [4.78, 5) is 12.9. The number of methoxy groups -OCH3 is 1. The fraction of sp³-hybridized carbons (Fsp3) is 0.696. The Morgan fingerprint density at radius 1 is 1.11 bits per heavy atom. The third kappa shape index (κ3) is 4.29. The molecule has 1 aromatic carbocycles. The molecule has 0 heterocycles. The fourth-order valence-corrected chi connectivity index (χ4v) is 5.43. The maximum atomic E-state index is 12.9. The maximum absolute atomic E-state index is 12.9. The van der Waals surface area contributed by atoms with Crippen LogP contribution in [0.1, 0.15) is 63.4 Å². The molecule has 154 valence electrons. The van der Waals surface area contributed by atoms with E-state index in [2.05, 4.69) is 5.32 Å². The van der Waals surface area contributed by atoms with Crippen LogP contribution in [0.4, 0.5) is 0 Å². The number of carbonyl (C=O) groups is 1. The van der Waals surface area contributed by atoms with Crippen LogP contribution in [0, 0.1) is 17.8 Å². The molecule has 5 heteroatoms. The molecule has 0 aliphatic heterocycles. The highest BCUT2D eigenvalue weighted by molar-refractivity contribution is 5.79. The number of hydrogen-bond acceptors (Lipinski definition) is 4. The zero-order chi connectivity index (χ0) is 19.5. The Bertz CT molecular complexity index is 672. The van der Waals surface area contributed by atoms with Crippen LogP contribution in [0.15, 0.2) is 18.2 Å². The molecular weight excluding hydrogens is 352 g/mol. The van der Waals surface area contributed by atoms with Crippen molar-refractivity contribution in [3.05, 3.63) is 23.8 Å². The summed E-state index contributed by atoms with van der Waals surface area (Å²) in [5.41, 5.74) is 7.40. The molecule has 3 N–H and O–H groups in total. The fourth-order valence-electron chi connectivity index (χ4n) is 5.43. The van der Waals surface area contributed by atoms with Crippen molar-refractivity contribution in [2.75, 3.05) is 7.11 Å². The molecule has 0 aromatic heterocycles. The van der Waals surface area contributed by atoms with Gasteiger partial charge in [0.15, 0.2) is 0 Å². The predicted octanol–water partition coefficient (Wildman–Crippen LogP) is 3.79. The predicted molar refractivity (Wildman–Crippen MR) is 109 cm³/mol. The smallest absolute Gasteiger partial charge is 0.223 e. The maximum Gasteiger partial charge on any atom is 0.223 e. The van der Waals surface area contributed by atoms with Crippen molar-refractivity contribution in [2.24, 2.45) is 23.5 Å². The van der Waals surface area contributed by atoms with Crippen LogP contribution in [0.3, 0.4) is 0 Å². The summed E-state index contributed by atoms with van der Waals surface area (Å²) in [7, 11) is 1.67. The van der Waals surface area contributed by atoms with E-state index in [1.54, 1.807) is 7.11 Å². The minimum Gasteiger partial charge on any atom is -0.497 e. The van der Waals surface area contributed by atoms with Crippen LogP contribution in [-0.4, -0.2) is 25.2 Å². The standard InChI is InChI=1S/C23H34N2O3/c1-27-20-10-9-17(21(13-20)28-19-7-2-3-8-19)14-25-23(26)18-11-15-5-4-6-16(12-18)22(15)24/h9-10,13,15-16,18-19,22H,2-8,11-12,14,24H2,1H3,(H,25,26). The van der Waals surface area contributed by atoms with E-state index in [1.165, 1.54) is 32.1 Å². The van der Waals surface area contributed by atoms with E-state index in [0.29, 0.717) is 24.4 Å². The van der Waals surface area contributed by atoms with Crippen molar-refractivity contribution in [3.63, 3.8) is 0 Å². The first kappa shape index (κ1) is 19.6. The van der Waals surface area contributed by atoms with Gasteiger partial charge in [-0.1, -0.05) is 6.42 Å². The molecule has 3 aliphatic carbocycles. The molecule has 5 nitrogen and oxygen atoms in total. The van der Waals surface area contributed by atoms with Crippen molar-refractivity contribution in [1.82, 2.24) is 5.32 Å². The zero-order valence-corrected chi connectivity index (χ0v) is 17.0. The van der Waals surface area contributed by atoms with Gasteiger partial charge in [-0.15, -0.1) is 0 Å². The van der Waals surface area contributed by atoms with E-state index < -0.39 is 0 Å². The Morgan fingerprint density at radius 3 is 2.50 bits per heavy atom. The van der Waals surface area contributed by atoms with Gasteiger partial charge in [-0.25, -0.2) is 0 Å². The van der Waals surface area contributed by atoms with Crippen LogP contribution in [0.5, 0.6) is 11.5 Å². The molecule has 3 saturated carbocycles. The molecular formula is C23H34N2O3. The second-order valence-electron chi connectivity index (χ2n) is 8.91. The summed E-state index contributed by atoms with van der Waals surface area (Å²) in [6.07, 6.45) is 10.5. The molecule has 1 amide bonds. The molecule has 3 aliphatic rings. The van der Waals surface area contributed by atoms with Gasteiger partial charge in [0.1, 0.15) is 11.5 Å². The number of fused-ring (bicyclic) bond motifs is 2. The summed E-state index contributed by atoms with van der Waals surface area (Å²) in [6, 6.07) is 6.19. The number of nitrogens with one attached hydrogen (secondary N) is 1. The molecule has 28 heavy (non-hydrogen) atoms. The highest BCUT2D eigenvalue weighted by atomic mass is 16.5. The molecule has 2 unspecified atom stereocenters. The first-order chi connectivity index (χ1) is 13.6. The van der Waals surface area contributed by atoms with Crippen molar-refractivity contribution < 1.29 is 14.3 Å². The molecule has 0 saturated heterocycles. The van der Waals surface area contributed by atoms with Crippen LogP contribution >= 0.6 is 0 Å². The van der Waals surface area contributed by atoms with Crippen LogP contribution in [0.2, 0.25) is 0 Å². The number of carbonyl (C=O) groups excluding carboxylic acids is 1. The zero-order valence-electron chi connectivity index (χ0n) is 17.0. The van der Waals surface area contributed by atoms with E-state index in [4.69, 9.17) is 15.2 Å². The second-order valence-corrected chi connectivity index (χ2v) is 8.91. The first-order valence-corrected chi connectivity index (χ1v) is 11.0. The number of ether oxygens (including phenoxy) is 2. The SMILES string of the molecule is COc1ccc(CNC(=O)C2CC3CCCC(C2)C3N)c(OC2CCCC2)c1. The number of amides is 1. The Hall–Kier alpha value is -1.75. The van der Waals surface area contributed by atoms with E-state index >= 15 is 0 Å². The number of rotatable bonds is 6. The Labute approximate surface area is 168 Å². The Morgan fingerprint density at radius 2 is 1.82 bits per heavy atom. The van der Waals surface area contributed by atoms with Crippen molar-refractivity contribution in [1.29, 1.82) is 0 Å². The van der Waals surface area contributed by atoms with E-state index in [1.807, 2.05) is 18.2 Å². The lowest BCUT2D eigenvalue weighted by Crippen LogP contribution is -2.49. The largest absolute Gasteiger partial charge is 0.497 e. The lowest BCUT2D eigenvalue weighted by molar-refractivity contribution is -0.128. The topological polar surface area (TPSA) is 73.6 Å². The van der Waals surface area contributed by atoms with Crippen molar-refractivity contribution in [3.8, 4) is 11.5 Å². The number of nitrogens with two attached hydrogens (primary N) is 1. The normalized spacial score (nSPS) is 30.1. The third-order valence-corrected chi connectivity index (χ3v) is 7.11. The van der Waals surface area contributed by atoms with Gasteiger partial charge in [-0.3, -0.25) is 4.79 Å². The van der Waals surface area contributed by atoms with Gasteiger partial charge in [-0.05, 0) is 75.3 Å². The van der Waals surface area contributed by atoms with Crippen molar-refractivity contribution >= 4 is 5.91 Å². The first-order valence-electron chi connectivity index (χ1n) is 11.0. The van der Waals surface area contributed by atoms with Gasteiger partial charge in [0.05, 0.1) is 13.2 Å². The highest BCUT2D eigenvalue weighted by Crippen LogP contribution is 2.42. The minimum atomic E-state index is 0.104. The van der Waals surface area contributed by atoms with E-state index in [0.717, 1.165) is 42.7 Å². The molecule has 0 spiro atoms. The Balaban J connectivity index is 1.39. The molecule has 2 bridgehead atoms. The molecule has 2 atom stereocenters. The monoisotopic (exact) mass is 386 g/mol. The summed E-state index contributed by atoms with van der Waals surface area (Å²) in [6.45, 7) is 0.503. The van der Waals surface area contributed by atoms with Gasteiger partial charge >= 0.3 is 0 Å². The second kappa shape index (κ2) is 8.73. The average molecular weight is 387 g/mol. The third-order valence-electron chi connectivity index (χ3n) is 7.11. The van der Waals surface area contributed by atoms with Crippen LogP contribution in [-0.2, 0) is 11.3 Å². The molecule has 0 radical (unpaired) electrons. The molecule has 4 rings (SSSR count). The van der Waals surface area contributed by atoms with E-state index in [9.17, 15) is 4.79 Å². The highest BCUT2D eigenvalue weighted by Gasteiger charge is 2.40. The van der Waals surface area contributed by atoms with Gasteiger partial charge in [0, 0.05) is 30.1 Å². The van der Waals surface area contributed by atoms with Crippen LogP contribution in [0.25, 0.3) is 0 Å². The van der Waals surface area contributed by atoms with Crippen molar-refractivity contribution in [2.45, 2.75) is 76.5 Å².